The Morgan fingerprint density at radius 3 is 2.95 bits per heavy atom. The third-order valence-electron chi connectivity index (χ3n) is 3.35. The van der Waals surface area contributed by atoms with Gasteiger partial charge in [0.05, 0.1) is 35.5 Å². The molecule has 0 amide bonds. The molecule has 4 nitrogen and oxygen atoms in total. The maximum absolute atomic E-state index is 9.11. The van der Waals surface area contributed by atoms with E-state index in [-0.39, 0.29) is 12.7 Å². The number of hydrogen-bond acceptors (Lipinski definition) is 5. The Morgan fingerprint density at radius 1 is 1.38 bits per heavy atom. The zero-order valence-electron chi connectivity index (χ0n) is 11.1. The number of anilines is 1. The Bertz CT molecular complexity index is 635. The Balaban J connectivity index is 1.77. The lowest BCUT2D eigenvalue weighted by Crippen LogP contribution is -2.38. The number of halogens is 2. The number of hydrogen-bond donors (Lipinski definition) is 1. The molecule has 0 aliphatic carbocycles. The van der Waals surface area contributed by atoms with Crippen LogP contribution in [-0.2, 0) is 11.3 Å². The summed E-state index contributed by atoms with van der Waals surface area (Å²) >= 11 is 13.6. The van der Waals surface area contributed by atoms with Gasteiger partial charge in [-0.15, -0.1) is 11.3 Å². The molecule has 0 unspecified atom stereocenters. The molecule has 1 aliphatic heterocycles. The molecule has 0 spiro atoms. The summed E-state index contributed by atoms with van der Waals surface area (Å²) in [6.45, 7) is 2.09. The summed E-state index contributed by atoms with van der Waals surface area (Å²) in [5, 5.41) is 13.0. The molecule has 112 valence electrons. The van der Waals surface area contributed by atoms with E-state index >= 15 is 0 Å². The zero-order chi connectivity index (χ0) is 14.8. The van der Waals surface area contributed by atoms with Crippen molar-refractivity contribution in [3.63, 3.8) is 0 Å². The van der Waals surface area contributed by atoms with Gasteiger partial charge in [0.1, 0.15) is 6.10 Å². The summed E-state index contributed by atoms with van der Waals surface area (Å²) in [6.07, 6.45) is -0.0602. The summed E-state index contributed by atoms with van der Waals surface area (Å²) in [5.74, 6) is 0. The predicted molar refractivity (Wildman–Crippen MR) is 85.4 cm³/mol. The molecule has 7 heteroatoms. The van der Waals surface area contributed by atoms with Crippen molar-refractivity contribution in [2.24, 2.45) is 0 Å². The average molecular weight is 345 g/mol. The van der Waals surface area contributed by atoms with Crippen LogP contribution in [0.2, 0.25) is 10.0 Å². The van der Waals surface area contributed by atoms with Crippen molar-refractivity contribution in [1.82, 2.24) is 4.98 Å². The summed E-state index contributed by atoms with van der Waals surface area (Å²) < 4.78 is 5.83. The van der Waals surface area contributed by atoms with Gasteiger partial charge in [0.25, 0.3) is 0 Å². The van der Waals surface area contributed by atoms with Crippen molar-refractivity contribution in [2.75, 3.05) is 24.6 Å². The van der Waals surface area contributed by atoms with Crippen molar-refractivity contribution in [3.8, 4) is 0 Å². The maximum atomic E-state index is 9.11. The smallest absolute Gasteiger partial charge is 0.185 e. The van der Waals surface area contributed by atoms with Crippen molar-refractivity contribution < 1.29 is 9.84 Å². The van der Waals surface area contributed by atoms with E-state index in [1.807, 2.05) is 17.5 Å². The van der Waals surface area contributed by atoms with Gasteiger partial charge in [-0.3, -0.25) is 0 Å². The summed E-state index contributed by atoms with van der Waals surface area (Å²) in [6, 6.07) is 5.57. The lowest BCUT2D eigenvalue weighted by atomic mass is 10.1. The van der Waals surface area contributed by atoms with Gasteiger partial charge in [-0.2, -0.15) is 0 Å². The highest BCUT2D eigenvalue weighted by molar-refractivity contribution is 7.13. The minimum Gasteiger partial charge on any atom is -0.390 e. The Kier molecular flexibility index (Phi) is 4.66. The quantitative estimate of drug-likeness (QED) is 0.925. The topological polar surface area (TPSA) is 45.6 Å². The molecule has 1 aromatic carbocycles. The number of ether oxygens (including phenoxy) is 1. The molecule has 1 N–H and O–H groups in total. The van der Waals surface area contributed by atoms with E-state index in [4.69, 9.17) is 33.0 Å². The first-order valence-electron chi connectivity index (χ1n) is 6.54. The highest BCUT2D eigenvalue weighted by Crippen LogP contribution is 2.31. The van der Waals surface area contributed by atoms with E-state index in [1.54, 1.807) is 6.07 Å². The molecule has 1 aliphatic rings. The van der Waals surface area contributed by atoms with Gasteiger partial charge in [0.15, 0.2) is 5.13 Å². The number of aliphatic hydroxyl groups is 1. The molecule has 21 heavy (non-hydrogen) atoms. The lowest BCUT2D eigenvalue weighted by molar-refractivity contribution is 0.0398. The van der Waals surface area contributed by atoms with Crippen LogP contribution in [-0.4, -0.2) is 29.8 Å². The molecule has 1 saturated heterocycles. The summed E-state index contributed by atoms with van der Waals surface area (Å²) in [4.78, 5) is 6.57. The minimum absolute atomic E-state index is 0.0307. The Hall–Kier alpha value is -0.850. The van der Waals surface area contributed by atoms with Gasteiger partial charge in [-0.1, -0.05) is 29.3 Å². The average Bonchev–Trinajstić information content (AvgIpc) is 2.99. The van der Waals surface area contributed by atoms with Gasteiger partial charge >= 0.3 is 0 Å². The third kappa shape index (κ3) is 3.33. The first-order valence-corrected chi connectivity index (χ1v) is 8.17. The number of nitrogens with zero attached hydrogens (tertiary/aromatic N) is 2. The number of rotatable bonds is 3. The second-order valence-corrected chi connectivity index (χ2v) is 6.41. The molecule has 1 atom stereocenters. The number of benzene rings is 1. The van der Waals surface area contributed by atoms with Gasteiger partial charge in [-0.05, 0) is 17.7 Å². The fourth-order valence-electron chi connectivity index (χ4n) is 2.25. The molecular formula is C14H14Cl2N2O2S. The fourth-order valence-corrected chi connectivity index (χ4v) is 3.41. The van der Waals surface area contributed by atoms with Gasteiger partial charge < -0.3 is 14.7 Å². The Morgan fingerprint density at radius 2 is 2.24 bits per heavy atom. The fraction of sp³-hybridized carbons (Fsp3) is 0.357. The number of aromatic nitrogens is 1. The van der Waals surface area contributed by atoms with Crippen LogP contribution < -0.4 is 4.90 Å². The van der Waals surface area contributed by atoms with Crippen LogP contribution in [0.5, 0.6) is 0 Å². The van der Waals surface area contributed by atoms with Crippen LogP contribution >= 0.6 is 34.5 Å². The normalized spacial score (nSPS) is 19.0. The van der Waals surface area contributed by atoms with E-state index in [0.29, 0.717) is 28.9 Å². The second-order valence-electron chi connectivity index (χ2n) is 4.76. The second kappa shape index (κ2) is 6.50. The maximum Gasteiger partial charge on any atom is 0.185 e. The van der Waals surface area contributed by atoms with Crippen LogP contribution in [0, 0.1) is 0 Å². The van der Waals surface area contributed by atoms with Crippen molar-refractivity contribution >= 4 is 39.7 Å². The zero-order valence-corrected chi connectivity index (χ0v) is 13.5. The first-order chi connectivity index (χ1) is 10.2. The van der Waals surface area contributed by atoms with E-state index in [9.17, 15) is 0 Å². The number of thiazole rings is 1. The Labute approximate surface area is 136 Å². The highest BCUT2D eigenvalue weighted by atomic mass is 35.5. The van der Waals surface area contributed by atoms with Crippen LogP contribution in [0.4, 0.5) is 5.13 Å². The standard InChI is InChI=1S/C14H14Cl2N2O2S/c15-11-2-1-9(5-12(11)16)13-6-18(3-4-20-13)14-17-10(7-19)8-21-14/h1-2,5,8,13,19H,3-4,6-7H2/t13-/m0/s1. The van der Waals surface area contributed by atoms with E-state index in [0.717, 1.165) is 17.2 Å². The molecule has 2 heterocycles. The van der Waals surface area contributed by atoms with Gasteiger partial charge in [0, 0.05) is 11.9 Å². The molecule has 0 saturated carbocycles. The van der Waals surface area contributed by atoms with E-state index in [1.165, 1.54) is 11.3 Å². The molecule has 1 fully saturated rings. The third-order valence-corrected chi connectivity index (χ3v) is 5.04. The lowest BCUT2D eigenvalue weighted by Gasteiger charge is -2.33. The number of morpholine rings is 1. The van der Waals surface area contributed by atoms with Crippen molar-refractivity contribution in [3.05, 3.63) is 44.9 Å². The summed E-state index contributed by atoms with van der Waals surface area (Å²) in [5.41, 5.74) is 1.71. The molecule has 1 aromatic heterocycles. The van der Waals surface area contributed by atoms with Crippen LogP contribution in [0.3, 0.4) is 0 Å². The van der Waals surface area contributed by atoms with Gasteiger partial charge in [0.2, 0.25) is 0 Å². The molecule has 3 rings (SSSR count). The largest absolute Gasteiger partial charge is 0.390 e. The molecule has 0 bridgehead atoms. The first kappa shape index (κ1) is 15.1. The molecular weight excluding hydrogens is 331 g/mol. The van der Waals surface area contributed by atoms with Gasteiger partial charge in [-0.25, -0.2) is 4.98 Å². The SMILES string of the molecule is OCc1csc(N2CCO[C@H](c3ccc(Cl)c(Cl)c3)C2)n1. The van der Waals surface area contributed by atoms with Crippen molar-refractivity contribution in [1.29, 1.82) is 0 Å². The van der Waals surface area contributed by atoms with Crippen LogP contribution in [0.15, 0.2) is 23.6 Å². The van der Waals surface area contributed by atoms with Crippen molar-refractivity contribution in [2.45, 2.75) is 12.7 Å². The minimum atomic E-state index is -0.0602. The van der Waals surface area contributed by atoms with E-state index < -0.39 is 0 Å². The van der Waals surface area contributed by atoms with E-state index in [2.05, 4.69) is 9.88 Å². The highest BCUT2D eigenvalue weighted by Gasteiger charge is 2.24. The van der Waals surface area contributed by atoms with Crippen LogP contribution in [0.1, 0.15) is 17.4 Å². The molecule has 0 radical (unpaired) electrons. The number of aliphatic hydroxyl groups excluding tert-OH is 1. The monoisotopic (exact) mass is 344 g/mol. The molecule has 2 aromatic rings. The summed E-state index contributed by atoms with van der Waals surface area (Å²) in [7, 11) is 0. The predicted octanol–water partition coefficient (Wildman–Crippen LogP) is 3.52. The van der Waals surface area contributed by atoms with Crippen LogP contribution in [0.25, 0.3) is 0 Å².